The summed E-state index contributed by atoms with van der Waals surface area (Å²) in [4.78, 5) is 0. The lowest BCUT2D eigenvalue weighted by Gasteiger charge is -2.01. The molecule has 2 N–H and O–H groups in total. The maximum atomic E-state index is 11.4. The van der Waals surface area contributed by atoms with Gasteiger partial charge in [-0.05, 0) is 11.4 Å². The SMILES string of the molecule is C=CCNS(=O)(=O)c1sccc1O. The monoisotopic (exact) mass is 219 g/mol. The highest BCUT2D eigenvalue weighted by atomic mass is 32.2. The van der Waals surface area contributed by atoms with Crippen molar-refractivity contribution in [2.45, 2.75) is 4.21 Å². The van der Waals surface area contributed by atoms with Gasteiger partial charge in [0.1, 0.15) is 5.75 Å². The van der Waals surface area contributed by atoms with Gasteiger partial charge >= 0.3 is 0 Å². The number of hydrogen-bond donors (Lipinski definition) is 2. The predicted molar refractivity (Wildman–Crippen MR) is 51.4 cm³/mol. The van der Waals surface area contributed by atoms with Gasteiger partial charge in [0, 0.05) is 6.54 Å². The second-order valence-corrected chi connectivity index (χ2v) is 5.11. The van der Waals surface area contributed by atoms with Crippen LogP contribution in [0.1, 0.15) is 0 Å². The highest BCUT2D eigenvalue weighted by molar-refractivity contribution is 7.91. The standard InChI is InChI=1S/C7H9NO3S2/c1-2-4-8-13(10,11)7-6(9)3-5-12-7/h2-3,5,8-9H,1,4H2. The van der Waals surface area contributed by atoms with Gasteiger partial charge in [-0.1, -0.05) is 6.08 Å². The van der Waals surface area contributed by atoms with Crippen molar-refractivity contribution in [3.8, 4) is 5.75 Å². The molecular formula is C7H9NO3S2. The lowest BCUT2D eigenvalue weighted by molar-refractivity contribution is 0.463. The molecule has 6 heteroatoms. The highest BCUT2D eigenvalue weighted by Crippen LogP contribution is 2.27. The van der Waals surface area contributed by atoms with E-state index in [0.717, 1.165) is 11.3 Å². The minimum atomic E-state index is -3.56. The van der Waals surface area contributed by atoms with Crippen LogP contribution in [0.2, 0.25) is 0 Å². The van der Waals surface area contributed by atoms with E-state index in [1.54, 1.807) is 0 Å². The van der Waals surface area contributed by atoms with E-state index < -0.39 is 10.0 Å². The zero-order valence-electron chi connectivity index (χ0n) is 6.73. The molecule has 0 aliphatic carbocycles. The van der Waals surface area contributed by atoms with Crippen LogP contribution < -0.4 is 4.72 Å². The third kappa shape index (κ3) is 2.30. The average Bonchev–Trinajstić information content (AvgIpc) is 2.48. The Hall–Kier alpha value is -0.850. The molecule has 0 bridgehead atoms. The zero-order chi connectivity index (χ0) is 9.90. The highest BCUT2D eigenvalue weighted by Gasteiger charge is 2.18. The van der Waals surface area contributed by atoms with Crippen LogP contribution in [0.4, 0.5) is 0 Å². The van der Waals surface area contributed by atoms with Crippen LogP contribution in [0.15, 0.2) is 28.3 Å². The smallest absolute Gasteiger partial charge is 0.254 e. The molecule has 4 nitrogen and oxygen atoms in total. The minimum Gasteiger partial charge on any atom is -0.506 e. The summed E-state index contributed by atoms with van der Waals surface area (Å²) < 4.78 is 24.9. The van der Waals surface area contributed by atoms with Gasteiger partial charge in [-0.25, -0.2) is 13.1 Å². The first-order valence-electron chi connectivity index (χ1n) is 3.45. The molecule has 0 aliphatic rings. The minimum absolute atomic E-state index is 0.0608. The predicted octanol–water partition coefficient (Wildman–Crippen LogP) is 0.918. The number of thiophene rings is 1. The largest absolute Gasteiger partial charge is 0.506 e. The van der Waals surface area contributed by atoms with E-state index in [-0.39, 0.29) is 16.5 Å². The maximum absolute atomic E-state index is 11.4. The fourth-order valence-corrected chi connectivity index (χ4v) is 2.90. The summed E-state index contributed by atoms with van der Waals surface area (Å²) in [6.45, 7) is 3.53. The van der Waals surface area contributed by atoms with Crippen molar-refractivity contribution in [2.24, 2.45) is 0 Å². The lowest BCUT2D eigenvalue weighted by atomic mass is 10.6. The van der Waals surface area contributed by atoms with E-state index in [4.69, 9.17) is 5.11 Å². The Morgan fingerprint density at radius 1 is 1.69 bits per heavy atom. The summed E-state index contributed by atoms with van der Waals surface area (Å²) in [5, 5.41) is 10.7. The van der Waals surface area contributed by atoms with Gasteiger partial charge < -0.3 is 5.11 Å². The van der Waals surface area contributed by atoms with Crippen LogP contribution in [0, 0.1) is 0 Å². The molecule has 0 fully saturated rings. The number of sulfonamides is 1. The molecular weight excluding hydrogens is 210 g/mol. The second-order valence-electron chi connectivity index (χ2n) is 2.23. The molecule has 1 aromatic rings. The van der Waals surface area contributed by atoms with E-state index in [2.05, 4.69) is 11.3 Å². The first-order chi connectivity index (χ1) is 6.08. The van der Waals surface area contributed by atoms with Crippen molar-refractivity contribution < 1.29 is 13.5 Å². The molecule has 0 atom stereocenters. The summed E-state index contributed by atoms with van der Waals surface area (Å²) in [5.74, 6) is -0.221. The van der Waals surface area contributed by atoms with E-state index in [1.165, 1.54) is 17.5 Å². The van der Waals surface area contributed by atoms with E-state index in [1.807, 2.05) is 0 Å². The van der Waals surface area contributed by atoms with Crippen LogP contribution >= 0.6 is 11.3 Å². The lowest BCUT2D eigenvalue weighted by Crippen LogP contribution is -2.22. The Balaban J connectivity index is 2.94. The molecule has 1 aromatic heterocycles. The van der Waals surface area contributed by atoms with E-state index in [9.17, 15) is 8.42 Å². The van der Waals surface area contributed by atoms with Crippen molar-refractivity contribution in [2.75, 3.05) is 6.54 Å². The van der Waals surface area contributed by atoms with Gasteiger partial charge in [0.15, 0.2) is 4.21 Å². The van der Waals surface area contributed by atoms with Crippen LogP contribution in [0.5, 0.6) is 5.75 Å². The molecule has 1 heterocycles. The molecule has 0 unspecified atom stereocenters. The van der Waals surface area contributed by atoms with Crippen LogP contribution in [0.3, 0.4) is 0 Å². The van der Waals surface area contributed by atoms with Gasteiger partial charge in [-0.15, -0.1) is 17.9 Å². The van der Waals surface area contributed by atoms with E-state index in [0.29, 0.717) is 0 Å². The summed E-state index contributed by atoms with van der Waals surface area (Å²) in [6, 6.07) is 1.34. The van der Waals surface area contributed by atoms with Gasteiger partial charge in [-0.3, -0.25) is 0 Å². The Labute approximate surface area is 80.6 Å². The van der Waals surface area contributed by atoms with Crippen molar-refractivity contribution >= 4 is 21.4 Å². The molecule has 72 valence electrons. The Morgan fingerprint density at radius 3 is 2.85 bits per heavy atom. The molecule has 0 amide bonds. The zero-order valence-corrected chi connectivity index (χ0v) is 8.36. The Kier molecular flexibility index (Phi) is 3.07. The Morgan fingerprint density at radius 2 is 2.38 bits per heavy atom. The summed E-state index contributed by atoms with van der Waals surface area (Å²) >= 11 is 0.972. The van der Waals surface area contributed by atoms with Crippen molar-refractivity contribution in [3.05, 3.63) is 24.1 Å². The van der Waals surface area contributed by atoms with Crippen LogP contribution in [-0.4, -0.2) is 20.1 Å². The second kappa shape index (κ2) is 3.91. The average molecular weight is 219 g/mol. The number of nitrogens with one attached hydrogen (secondary N) is 1. The third-order valence-corrected chi connectivity index (χ3v) is 4.16. The van der Waals surface area contributed by atoms with Crippen LogP contribution in [-0.2, 0) is 10.0 Å². The molecule has 13 heavy (non-hydrogen) atoms. The van der Waals surface area contributed by atoms with Crippen molar-refractivity contribution in [1.82, 2.24) is 4.72 Å². The molecule has 0 spiro atoms. The maximum Gasteiger partial charge on any atom is 0.254 e. The number of hydrogen-bond acceptors (Lipinski definition) is 4. The molecule has 0 saturated heterocycles. The first kappa shape index (κ1) is 10.2. The first-order valence-corrected chi connectivity index (χ1v) is 5.81. The summed E-state index contributed by atoms with van der Waals surface area (Å²) in [7, 11) is -3.56. The molecule has 0 aliphatic heterocycles. The molecule has 1 rings (SSSR count). The number of aromatic hydroxyl groups is 1. The number of rotatable bonds is 4. The molecule has 0 saturated carbocycles. The quantitative estimate of drug-likeness (QED) is 0.740. The topological polar surface area (TPSA) is 66.4 Å². The van der Waals surface area contributed by atoms with Crippen LogP contribution in [0.25, 0.3) is 0 Å². The van der Waals surface area contributed by atoms with Gasteiger partial charge in [-0.2, -0.15) is 0 Å². The summed E-state index contributed by atoms with van der Waals surface area (Å²) in [6.07, 6.45) is 1.43. The van der Waals surface area contributed by atoms with Gasteiger partial charge in [0.2, 0.25) is 0 Å². The Bertz CT molecular complexity index is 394. The molecule has 0 radical (unpaired) electrons. The van der Waals surface area contributed by atoms with Crippen molar-refractivity contribution in [1.29, 1.82) is 0 Å². The fraction of sp³-hybridized carbons (Fsp3) is 0.143. The fourth-order valence-electron chi connectivity index (χ4n) is 0.724. The van der Waals surface area contributed by atoms with Gasteiger partial charge in [0.05, 0.1) is 0 Å². The van der Waals surface area contributed by atoms with Crippen molar-refractivity contribution in [3.63, 3.8) is 0 Å². The summed E-state index contributed by atoms with van der Waals surface area (Å²) in [5.41, 5.74) is 0. The van der Waals surface area contributed by atoms with Gasteiger partial charge in [0.25, 0.3) is 10.0 Å². The normalized spacial score (nSPS) is 11.4. The molecule has 0 aromatic carbocycles. The van der Waals surface area contributed by atoms with E-state index >= 15 is 0 Å². The third-order valence-electron chi connectivity index (χ3n) is 1.27.